The van der Waals surface area contributed by atoms with Crippen molar-refractivity contribution < 1.29 is 9.53 Å². The molecule has 2 rings (SSSR count). The molecular formula is C17H30N4O2. The van der Waals surface area contributed by atoms with E-state index >= 15 is 0 Å². The molecule has 6 heteroatoms. The number of nitrogens with zero attached hydrogens (tertiary/aromatic N) is 4. The maximum absolute atomic E-state index is 12.5. The fourth-order valence-electron chi connectivity index (χ4n) is 3.54. The first-order valence-electron chi connectivity index (χ1n) is 8.71. The van der Waals surface area contributed by atoms with E-state index in [1.807, 2.05) is 4.90 Å². The van der Waals surface area contributed by atoms with Gasteiger partial charge in [0.15, 0.2) is 0 Å². The van der Waals surface area contributed by atoms with Gasteiger partial charge in [-0.15, -0.1) is 0 Å². The molecule has 2 fully saturated rings. The van der Waals surface area contributed by atoms with Crippen molar-refractivity contribution in [3.05, 3.63) is 0 Å². The molecule has 6 nitrogen and oxygen atoms in total. The van der Waals surface area contributed by atoms with Gasteiger partial charge >= 0.3 is 0 Å². The molecule has 2 aliphatic heterocycles. The predicted octanol–water partition coefficient (Wildman–Crippen LogP) is 0.790. The number of carbonyl (C=O) groups excluding carboxylic acids is 1. The van der Waals surface area contributed by atoms with Crippen LogP contribution in [0.3, 0.4) is 0 Å². The number of carbonyl (C=O) groups is 1. The number of piperidine rings is 1. The van der Waals surface area contributed by atoms with E-state index in [0.29, 0.717) is 12.5 Å². The molecule has 2 heterocycles. The fourth-order valence-corrected chi connectivity index (χ4v) is 3.54. The number of hydrogen-bond acceptors (Lipinski definition) is 5. The van der Waals surface area contributed by atoms with Gasteiger partial charge in [-0.2, -0.15) is 5.26 Å². The van der Waals surface area contributed by atoms with Crippen LogP contribution in [-0.2, 0) is 9.53 Å². The monoisotopic (exact) mass is 322 g/mol. The summed E-state index contributed by atoms with van der Waals surface area (Å²) < 4.78 is 5.42. The topological polar surface area (TPSA) is 59.8 Å². The zero-order valence-electron chi connectivity index (χ0n) is 14.7. The predicted molar refractivity (Wildman–Crippen MR) is 88.9 cm³/mol. The smallest absolute Gasteiger partial charge is 0.236 e. The van der Waals surface area contributed by atoms with Crippen molar-refractivity contribution in [2.45, 2.75) is 38.8 Å². The number of ether oxygens (including phenoxy) is 1. The molecule has 0 saturated carbocycles. The summed E-state index contributed by atoms with van der Waals surface area (Å²) in [6, 6.07) is 2.35. The first-order valence-corrected chi connectivity index (χ1v) is 8.71. The Labute approximate surface area is 140 Å². The van der Waals surface area contributed by atoms with Gasteiger partial charge in [-0.3, -0.25) is 14.6 Å². The number of likely N-dealkylation sites (tertiary alicyclic amines) is 1. The maximum Gasteiger partial charge on any atom is 0.236 e. The molecule has 0 N–H and O–H groups in total. The van der Waals surface area contributed by atoms with E-state index in [1.165, 1.54) is 0 Å². The highest BCUT2D eigenvalue weighted by Crippen LogP contribution is 2.15. The Morgan fingerprint density at radius 1 is 1.26 bits per heavy atom. The van der Waals surface area contributed by atoms with Crippen LogP contribution in [0.1, 0.15) is 26.7 Å². The van der Waals surface area contributed by atoms with Crippen LogP contribution in [0.4, 0.5) is 0 Å². The molecule has 2 aliphatic rings. The third-order valence-electron chi connectivity index (χ3n) is 4.98. The lowest BCUT2D eigenvalue weighted by atomic mass is 10.0. The van der Waals surface area contributed by atoms with Crippen LogP contribution in [-0.4, -0.2) is 85.7 Å². The fraction of sp³-hybridized carbons (Fsp3) is 0.882. The summed E-state index contributed by atoms with van der Waals surface area (Å²) in [4.78, 5) is 18.9. The third kappa shape index (κ3) is 4.90. The average molecular weight is 322 g/mol. The highest BCUT2D eigenvalue weighted by molar-refractivity contribution is 5.78. The first-order chi connectivity index (χ1) is 11.0. The second kappa shape index (κ2) is 8.62. The summed E-state index contributed by atoms with van der Waals surface area (Å²) in [5, 5.41) is 9.30. The Morgan fingerprint density at radius 3 is 2.52 bits per heavy atom. The van der Waals surface area contributed by atoms with Crippen molar-refractivity contribution in [3.63, 3.8) is 0 Å². The highest BCUT2D eigenvalue weighted by atomic mass is 16.5. The summed E-state index contributed by atoms with van der Waals surface area (Å²) in [6.07, 6.45) is 2.44. The Balaban J connectivity index is 1.78. The number of amides is 1. The largest absolute Gasteiger partial charge is 0.380 e. The van der Waals surface area contributed by atoms with E-state index in [-0.39, 0.29) is 18.1 Å². The van der Waals surface area contributed by atoms with Crippen molar-refractivity contribution in [2.75, 3.05) is 52.9 Å². The summed E-state index contributed by atoms with van der Waals surface area (Å²) in [5.74, 6) is 0.529. The highest BCUT2D eigenvalue weighted by Gasteiger charge is 2.29. The molecule has 0 radical (unpaired) electrons. The molecule has 0 aromatic heterocycles. The third-order valence-corrected chi connectivity index (χ3v) is 4.98. The number of nitriles is 1. The second-order valence-electron chi connectivity index (χ2n) is 6.97. The molecular weight excluding hydrogens is 292 g/mol. The number of rotatable bonds is 5. The Kier molecular flexibility index (Phi) is 6.82. The van der Waals surface area contributed by atoms with E-state index in [1.54, 1.807) is 7.11 Å². The van der Waals surface area contributed by atoms with Gasteiger partial charge in [-0.25, -0.2) is 0 Å². The summed E-state index contributed by atoms with van der Waals surface area (Å²) >= 11 is 0. The molecule has 0 aromatic carbocycles. The molecule has 0 bridgehead atoms. The Morgan fingerprint density at radius 2 is 1.96 bits per heavy atom. The lowest BCUT2D eigenvalue weighted by Crippen LogP contribution is -2.55. The molecule has 0 aliphatic carbocycles. The van der Waals surface area contributed by atoms with E-state index in [9.17, 15) is 10.1 Å². The van der Waals surface area contributed by atoms with Crippen LogP contribution in [0.25, 0.3) is 0 Å². The lowest BCUT2D eigenvalue weighted by Gasteiger charge is -2.39. The SMILES string of the molecule is CO[C@@H]1CCCN(CC(=O)N2CCN([C@H](C#N)C(C)C)CC2)C1. The van der Waals surface area contributed by atoms with Gasteiger partial charge in [0.05, 0.1) is 18.7 Å². The molecule has 0 unspecified atom stereocenters. The van der Waals surface area contributed by atoms with Crippen LogP contribution < -0.4 is 0 Å². The van der Waals surface area contributed by atoms with Gasteiger partial charge in [-0.1, -0.05) is 13.8 Å². The van der Waals surface area contributed by atoms with Crippen LogP contribution in [0, 0.1) is 17.2 Å². The Bertz CT molecular complexity index is 427. The van der Waals surface area contributed by atoms with Crippen LogP contribution in [0.5, 0.6) is 0 Å². The van der Waals surface area contributed by atoms with Crippen LogP contribution in [0.2, 0.25) is 0 Å². The lowest BCUT2D eigenvalue weighted by molar-refractivity contribution is -0.135. The second-order valence-corrected chi connectivity index (χ2v) is 6.97. The van der Waals surface area contributed by atoms with Gasteiger partial charge in [0, 0.05) is 39.8 Å². The van der Waals surface area contributed by atoms with Gasteiger partial charge in [0.1, 0.15) is 6.04 Å². The standard InChI is InChI=1S/C17H30N4O2/c1-14(2)16(11-18)20-7-9-21(10-8-20)17(22)13-19-6-4-5-15(12-19)23-3/h14-16H,4-10,12-13H2,1-3H3/t15-,16-/m1/s1. The van der Waals surface area contributed by atoms with Gasteiger partial charge < -0.3 is 9.64 Å². The molecule has 1 amide bonds. The van der Waals surface area contributed by atoms with Gasteiger partial charge in [0.25, 0.3) is 0 Å². The average Bonchev–Trinajstić information content (AvgIpc) is 2.56. The first kappa shape index (κ1) is 18.2. The van der Waals surface area contributed by atoms with E-state index < -0.39 is 0 Å². The van der Waals surface area contributed by atoms with E-state index in [0.717, 1.165) is 52.1 Å². The number of methoxy groups -OCH3 is 1. The van der Waals surface area contributed by atoms with Crippen molar-refractivity contribution >= 4 is 5.91 Å². The summed E-state index contributed by atoms with van der Waals surface area (Å²) in [7, 11) is 1.75. The molecule has 130 valence electrons. The van der Waals surface area contributed by atoms with E-state index in [2.05, 4.69) is 29.7 Å². The maximum atomic E-state index is 12.5. The van der Waals surface area contributed by atoms with Crippen molar-refractivity contribution in [1.82, 2.24) is 14.7 Å². The van der Waals surface area contributed by atoms with Crippen molar-refractivity contribution in [1.29, 1.82) is 5.26 Å². The normalized spacial score (nSPS) is 25.3. The molecule has 0 aromatic rings. The van der Waals surface area contributed by atoms with Crippen LogP contribution >= 0.6 is 0 Å². The van der Waals surface area contributed by atoms with Crippen molar-refractivity contribution in [3.8, 4) is 6.07 Å². The molecule has 0 spiro atoms. The molecule has 23 heavy (non-hydrogen) atoms. The quantitative estimate of drug-likeness (QED) is 0.749. The minimum Gasteiger partial charge on any atom is -0.380 e. The van der Waals surface area contributed by atoms with Gasteiger partial charge in [-0.05, 0) is 25.3 Å². The zero-order valence-corrected chi connectivity index (χ0v) is 14.7. The number of hydrogen-bond donors (Lipinski definition) is 0. The molecule has 2 atom stereocenters. The zero-order chi connectivity index (χ0) is 16.8. The van der Waals surface area contributed by atoms with E-state index in [4.69, 9.17) is 4.74 Å². The minimum absolute atomic E-state index is 0.0446. The summed E-state index contributed by atoms with van der Waals surface area (Å²) in [5.41, 5.74) is 0. The summed E-state index contributed by atoms with van der Waals surface area (Å²) in [6.45, 7) is 9.53. The van der Waals surface area contributed by atoms with Crippen molar-refractivity contribution in [2.24, 2.45) is 5.92 Å². The minimum atomic E-state index is -0.0446. The van der Waals surface area contributed by atoms with Gasteiger partial charge in [0.2, 0.25) is 5.91 Å². The molecule has 2 saturated heterocycles. The van der Waals surface area contributed by atoms with Crippen LogP contribution in [0.15, 0.2) is 0 Å². The Hall–Kier alpha value is -1.16. The number of piperazine rings is 1.